The van der Waals surface area contributed by atoms with E-state index in [9.17, 15) is 0 Å². The van der Waals surface area contributed by atoms with Crippen molar-refractivity contribution in [2.75, 3.05) is 6.54 Å². The van der Waals surface area contributed by atoms with Gasteiger partial charge in [0.25, 0.3) is 0 Å². The Hall–Kier alpha value is -0.0400. The van der Waals surface area contributed by atoms with Crippen molar-refractivity contribution < 1.29 is 0 Å². The highest BCUT2D eigenvalue weighted by Gasteiger charge is 2.25. The molecule has 0 amide bonds. The molecule has 1 saturated carbocycles. The van der Waals surface area contributed by atoms with Gasteiger partial charge in [0.15, 0.2) is 0 Å². The fourth-order valence-electron chi connectivity index (χ4n) is 3.35. The average Bonchev–Trinajstić information content (AvgIpc) is 2.29. The molecule has 0 bridgehead atoms. The first kappa shape index (κ1) is 14.0. The van der Waals surface area contributed by atoms with Crippen LogP contribution in [0.2, 0.25) is 0 Å². The summed E-state index contributed by atoms with van der Waals surface area (Å²) in [5.41, 5.74) is 0. The van der Waals surface area contributed by atoms with Crippen molar-refractivity contribution in [2.45, 2.75) is 72.3 Å². The van der Waals surface area contributed by atoms with Gasteiger partial charge in [-0.1, -0.05) is 40.0 Å². The van der Waals surface area contributed by atoms with E-state index in [1.54, 1.807) is 0 Å². The number of hydrogen-bond donors (Lipinski definition) is 1. The molecular formula is C15H31N. The Morgan fingerprint density at radius 2 is 1.69 bits per heavy atom. The summed E-state index contributed by atoms with van der Waals surface area (Å²) < 4.78 is 0. The highest BCUT2D eigenvalue weighted by Crippen LogP contribution is 2.36. The van der Waals surface area contributed by atoms with Crippen LogP contribution in [-0.2, 0) is 0 Å². The van der Waals surface area contributed by atoms with Crippen LogP contribution >= 0.6 is 0 Å². The highest BCUT2D eigenvalue weighted by atomic mass is 14.9. The van der Waals surface area contributed by atoms with Crippen LogP contribution < -0.4 is 5.32 Å². The Labute approximate surface area is 102 Å². The van der Waals surface area contributed by atoms with Gasteiger partial charge in [-0.05, 0) is 50.5 Å². The van der Waals surface area contributed by atoms with Gasteiger partial charge in [-0.3, -0.25) is 0 Å². The summed E-state index contributed by atoms with van der Waals surface area (Å²) in [5, 5.41) is 3.54. The molecule has 16 heavy (non-hydrogen) atoms. The van der Waals surface area contributed by atoms with Crippen LogP contribution in [-0.4, -0.2) is 12.6 Å². The molecular weight excluding hydrogens is 194 g/mol. The molecule has 0 aromatic heterocycles. The largest absolute Gasteiger partial charge is 0.315 e. The van der Waals surface area contributed by atoms with Gasteiger partial charge in [0.05, 0.1) is 0 Å². The maximum atomic E-state index is 3.54. The molecule has 0 aromatic rings. The van der Waals surface area contributed by atoms with E-state index in [1.807, 2.05) is 0 Å². The number of rotatable bonds is 6. The lowest BCUT2D eigenvalue weighted by Gasteiger charge is -2.33. The first-order valence-corrected chi connectivity index (χ1v) is 7.40. The van der Waals surface area contributed by atoms with Crippen molar-refractivity contribution >= 4 is 0 Å². The fourth-order valence-corrected chi connectivity index (χ4v) is 3.35. The minimum atomic E-state index is 0.698. The van der Waals surface area contributed by atoms with Gasteiger partial charge in [0.1, 0.15) is 0 Å². The molecule has 1 aliphatic rings. The summed E-state index contributed by atoms with van der Waals surface area (Å²) >= 11 is 0. The molecule has 0 saturated heterocycles. The summed E-state index contributed by atoms with van der Waals surface area (Å²) in [6.07, 6.45) is 8.70. The lowest BCUT2D eigenvalue weighted by molar-refractivity contribution is 0.195. The van der Waals surface area contributed by atoms with Crippen molar-refractivity contribution in [3.8, 4) is 0 Å². The highest BCUT2D eigenvalue weighted by molar-refractivity contribution is 4.77. The van der Waals surface area contributed by atoms with Crippen LogP contribution in [0.25, 0.3) is 0 Å². The van der Waals surface area contributed by atoms with E-state index in [4.69, 9.17) is 0 Å². The van der Waals surface area contributed by atoms with Crippen molar-refractivity contribution in [3.63, 3.8) is 0 Å². The van der Waals surface area contributed by atoms with Crippen molar-refractivity contribution in [1.29, 1.82) is 0 Å². The van der Waals surface area contributed by atoms with E-state index in [0.717, 1.165) is 24.3 Å². The quantitative estimate of drug-likeness (QED) is 0.713. The van der Waals surface area contributed by atoms with E-state index < -0.39 is 0 Å². The van der Waals surface area contributed by atoms with Crippen LogP contribution in [0, 0.1) is 17.8 Å². The van der Waals surface area contributed by atoms with Gasteiger partial charge in [-0.15, -0.1) is 0 Å². The maximum absolute atomic E-state index is 3.54. The molecule has 0 aromatic carbocycles. The molecule has 2 atom stereocenters. The molecule has 0 aliphatic heterocycles. The molecule has 96 valence electrons. The molecule has 1 fully saturated rings. The van der Waals surface area contributed by atoms with E-state index in [1.165, 1.54) is 38.5 Å². The Morgan fingerprint density at radius 1 is 1.06 bits per heavy atom. The van der Waals surface area contributed by atoms with E-state index in [0.29, 0.717) is 6.04 Å². The van der Waals surface area contributed by atoms with Gasteiger partial charge in [-0.2, -0.15) is 0 Å². The normalized spacial score (nSPS) is 30.0. The van der Waals surface area contributed by atoms with Crippen LogP contribution in [0.3, 0.4) is 0 Å². The second-order valence-electron chi connectivity index (χ2n) is 5.86. The topological polar surface area (TPSA) is 12.0 Å². The molecule has 2 unspecified atom stereocenters. The zero-order valence-electron chi connectivity index (χ0n) is 11.8. The van der Waals surface area contributed by atoms with E-state index in [2.05, 4.69) is 33.0 Å². The minimum absolute atomic E-state index is 0.698. The minimum Gasteiger partial charge on any atom is -0.315 e. The Kier molecular flexibility index (Phi) is 6.41. The van der Waals surface area contributed by atoms with Gasteiger partial charge >= 0.3 is 0 Å². The van der Waals surface area contributed by atoms with Crippen LogP contribution in [0.4, 0.5) is 0 Å². The maximum Gasteiger partial charge on any atom is 0.00412 e. The van der Waals surface area contributed by atoms with Gasteiger partial charge in [-0.25, -0.2) is 0 Å². The molecule has 0 spiro atoms. The average molecular weight is 225 g/mol. The summed E-state index contributed by atoms with van der Waals surface area (Å²) in [5.74, 6) is 2.95. The van der Waals surface area contributed by atoms with Crippen LogP contribution in [0.5, 0.6) is 0 Å². The van der Waals surface area contributed by atoms with Crippen LogP contribution in [0.1, 0.15) is 66.2 Å². The molecule has 1 rings (SSSR count). The van der Waals surface area contributed by atoms with Gasteiger partial charge in [0.2, 0.25) is 0 Å². The van der Waals surface area contributed by atoms with Crippen molar-refractivity contribution in [1.82, 2.24) is 5.32 Å². The molecule has 1 N–H and O–H groups in total. The standard InChI is InChI=1S/C15H31N/c1-5-14-7-9-15(10-8-14)12(3)11-13(4)16-6-2/h12-16H,5-11H2,1-4H3. The first-order chi connectivity index (χ1) is 7.67. The Balaban J connectivity index is 2.24. The summed E-state index contributed by atoms with van der Waals surface area (Å²) in [6, 6.07) is 0.698. The Morgan fingerprint density at radius 3 is 2.19 bits per heavy atom. The summed E-state index contributed by atoms with van der Waals surface area (Å²) in [6.45, 7) is 10.5. The summed E-state index contributed by atoms with van der Waals surface area (Å²) in [4.78, 5) is 0. The Bertz CT molecular complexity index is 170. The van der Waals surface area contributed by atoms with Crippen molar-refractivity contribution in [3.05, 3.63) is 0 Å². The fraction of sp³-hybridized carbons (Fsp3) is 1.00. The third-order valence-corrected chi connectivity index (χ3v) is 4.55. The SMILES string of the molecule is CCNC(C)CC(C)C1CCC(CC)CC1. The molecule has 0 radical (unpaired) electrons. The smallest absolute Gasteiger partial charge is 0.00412 e. The summed E-state index contributed by atoms with van der Waals surface area (Å²) in [7, 11) is 0. The molecule has 0 heterocycles. The number of nitrogens with one attached hydrogen (secondary N) is 1. The zero-order chi connectivity index (χ0) is 12.0. The monoisotopic (exact) mass is 225 g/mol. The van der Waals surface area contributed by atoms with Crippen molar-refractivity contribution in [2.24, 2.45) is 17.8 Å². The predicted octanol–water partition coefficient (Wildman–Crippen LogP) is 4.23. The third-order valence-electron chi connectivity index (χ3n) is 4.55. The molecule has 1 nitrogen and oxygen atoms in total. The van der Waals surface area contributed by atoms with E-state index in [-0.39, 0.29) is 0 Å². The lowest BCUT2D eigenvalue weighted by Crippen LogP contribution is -2.30. The lowest BCUT2D eigenvalue weighted by atomic mass is 9.74. The zero-order valence-corrected chi connectivity index (χ0v) is 11.8. The van der Waals surface area contributed by atoms with Gasteiger partial charge < -0.3 is 5.32 Å². The predicted molar refractivity (Wildman–Crippen MR) is 72.7 cm³/mol. The second-order valence-corrected chi connectivity index (χ2v) is 5.86. The second kappa shape index (κ2) is 7.32. The molecule has 1 heteroatoms. The number of hydrogen-bond acceptors (Lipinski definition) is 1. The van der Waals surface area contributed by atoms with Gasteiger partial charge in [0, 0.05) is 6.04 Å². The van der Waals surface area contributed by atoms with Crippen LogP contribution in [0.15, 0.2) is 0 Å². The third kappa shape index (κ3) is 4.45. The van der Waals surface area contributed by atoms with E-state index >= 15 is 0 Å². The first-order valence-electron chi connectivity index (χ1n) is 7.40. The molecule has 1 aliphatic carbocycles.